The van der Waals surface area contributed by atoms with Crippen molar-refractivity contribution in [1.82, 2.24) is 20.0 Å². The Labute approximate surface area is 143 Å². The Morgan fingerprint density at radius 3 is 2.83 bits per heavy atom. The Hall–Kier alpha value is -2.14. The lowest BCUT2D eigenvalue weighted by atomic mass is 10.1. The van der Waals surface area contributed by atoms with Gasteiger partial charge in [-0.1, -0.05) is 30.3 Å². The molecule has 1 amide bonds. The molecule has 1 saturated heterocycles. The molecule has 24 heavy (non-hydrogen) atoms. The molecular formula is C19H26N4O. The summed E-state index contributed by atoms with van der Waals surface area (Å²) in [6.07, 6.45) is 4.03. The van der Waals surface area contributed by atoms with Crippen LogP contribution in [0.4, 0.5) is 0 Å². The van der Waals surface area contributed by atoms with E-state index in [9.17, 15) is 4.79 Å². The van der Waals surface area contributed by atoms with Gasteiger partial charge in [-0.25, -0.2) is 0 Å². The molecule has 1 aromatic heterocycles. The van der Waals surface area contributed by atoms with Gasteiger partial charge in [0.25, 0.3) is 5.91 Å². The van der Waals surface area contributed by atoms with Gasteiger partial charge in [-0.2, -0.15) is 5.10 Å². The largest absolute Gasteiger partial charge is 0.352 e. The zero-order chi connectivity index (χ0) is 16.9. The molecule has 5 heteroatoms. The molecule has 128 valence electrons. The summed E-state index contributed by atoms with van der Waals surface area (Å²) < 4.78 is 1.68. The fraction of sp³-hybridized carbons (Fsp3) is 0.474. The molecule has 0 saturated carbocycles. The maximum atomic E-state index is 12.2. The minimum Gasteiger partial charge on any atom is -0.352 e. The van der Waals surface area contributed by atoms with Gasteiger partial charge in [-0.15, -0.1) is 0 Å². The summed E-state index contributed by atoms with van der Waals surface area (Å²) in [6.45, 7) is 5.90. The number of carbonyl (C=O) groups is 1. The quantitative estimate of drug-likeness (QED) is 0.887. The van der Waals surface area contributed by atoms with Crippen LogP contribution in [0, 0.1) is 12.8 Å². The second kappa shape index (κ2) is 7.62. The summed E-state index contributed by atoms with van der Waals surface area (Å²) >= 11 is 0. The third-order valence-electron chi connectivity index (χ3n) is 4.72. The van der Waals surface area contributed by atoms with Crippen molar-refractivity contribution in [2.45, 2.75) is 26.3 Å². The molecule has 0 spiro atoms. The van der Waals surface area contributed by atoms with E-state index in [1.807, 2.05) is 14.0 Å². The SMILES string of the molecule is Cc1nn(C)cc1C(=O)NCCC1CCN(Cc2ccccc2)C1. The summed E-state index contributed by atoms with van der Waals surface area (Å²) in [7, 11) is 1.84. The van der Waals surface area contributed by atoms with Crippen molar-refractivity contribution < 1.29 is 4.79 Å². The smallest absolute Gasteiger partial charge is 0.254 e. The molecule has 0 aliphatic carbocycles. The van der Waals surface area contributed by atoms with E-state index in [1.54, 1.807) is 10.9 Å². The maximum Gasteiger partial charge on any atom is 0.254 e. The number of nitrogens with one attached hydrogen (secondary N) is 1. The summed E-state index contributed by atoms with van der Waals surface area (Å²) in [5.74, 6) is 0.656. The van der Waals surface area contributed by atoms with Crippen LogP contribution in [0.2, 0.25) is 0 Å². The van der Waals surface area contributed by atoms with Crippen LogP contribution in [0.3, 0.4) is 0 Å². The van der Waals surface area contributed by atoms with E-state index in [4.69, 9.17) is 0 Å². The molecule has 1 aliphatic heterocycles. The molecule has 1 N–H and O–H groups in total. The number of benzene rings is 1. The van der Waals surface area contributed by atoms with Gasteiger partial charge in [0, 0.05) is 32.9 Å². The minimum absolute atomic E-state index is 0.0141. The number of likely N-dealkylation sites (tertiary alicyclic amines) is 1. The Kier molecular flexibility index (Phi) is 5.30. The van der Waals surface area contributed by atoms with E-state index >= 15 is 0 Å². The van der Waals surface area contributed by atoms with Gasteiger partial charge in [0.05, 0.1) is 11.3 Å². The average Bonchev–Trinajstić information content (AvgIpc) is 3.14. The number of aryl methyl sites for hydroxylation is 2. The monoisotopic (exact) mass is 326 g/mol. The van der Waals surface area contributed by atoms with Crippen LogP contribution in [0.1, 0.15) is 34.5 Å². The summed E-state index contributed by atoms with van der Waals surface area (Å²) in [4.78, 5) is 14.7. The normalized spacial score (nSPS) is 18.0. The van der Waals surface area contributed by atoms with E-state index in [-0.39, 0.29) is 5.91 Å². The van der Waals surface area contributed by atoms with Crippen molar-refractivity contribution in [3.8, 4) is 0 Å². The molecule has 2 aromatic rings. The minimum atomic E-state index is -0.0141. The highest BCUT2D eigenvalue weighted by Gasteiger charge is 2.22. The average molecular weight is 326 g/mol. The molecule has 1 unspecified atom stereocenters. The molecule has 0 bridgehead atoms. The van der Waals surface area contributed by atoms with E-state index in [0.717, 1.165) is 38.3 Å². The summed E-state index contributed by atoms with van der Waals surface area (Å²) in [5, 5.41) is 7.25. The zero-order valence-corrected chi connectivity index (χ0v) is 14.5. The number of aromatic nitrogens is 2. The van der Waals surface area contributed by atoms with Gasteiger partial charge in [0.2, 0.25) is 0 Å². The Morgan fingerprint density at radius 2 is 2.12 bits per heavy atom. The van der Waals surface area contributed by atoms with Gasteiger partial charge >= 0.3 is 0 Å². The molecule has 1 atom stereocenters. The molecule has 1 fully saturated rings. The lowest BCUT2D eigenvalue weighted by molar-refractivity contribution is 0.0951. The molecule has 3 rings (SSSR count). The molecule has 2 heterocycles. The first kappa shape index (κ1) is 16.7. The van der Waals surface area contributed by atoms with E-state index in [0.29, 0.717) is 11.5 Å². The van der Waals surface area contributed by atoms with Crippen LogP contribution < -0.4 is 5.32 Å². The standard InChI is InChI=1S/C19H26N4O/c1-15-18(14-22(2)21-15)19(24)20-10-8-17-9-11-23(13-17)12-16-6-4-3-5-7-16/h3-7,14,17H,8-13H2,1-2H3,(H,20,24). The summed E-state index contributed by atoms with van der Waals surface area (Å²) in [6, 6.07) is 10.6. The number of rotatable bonds is 6. The van der Waals surface area contributed by atoms with Gasteiger partial charge in [-0.3, -0.25) is 14.4 Å². The highest BCUT2D eigenvalue weighted by molar-refractivity contribution is 5.94. The van der Waals surface area contributed by atoms with Gasteiger partial charge in [0.15, 0.2) is 0 Å². The van der Waals surface area contributed by atoms with Crippen LogP contribution >= 0.6 is 0 Å². The van der Waals surface area contributed by atoms with Crippen molar-refractivity contribution in [3.05, 3.63) is 53.3 Å². The predicted octanol–water partition coefficient (Wildman–Crippen LogP) is 2.37. The van der Waals surface area contributed by atoms with E-state index in [2.05, 4.69) is 45.6 Å². The Balaban J connectivity index is 1.40. The number of hydrogen-bond donors (Lipinski definition) is 1. The number of hydrogen-bond acceptors (Lipinski definition) is 3. The van der Waals surface area contributed by atoms with Crippen LogP contribution in [-0.2, 0) is 13.6 Å². The van der Waals surface area contributed by atoms with E-state index in [1.165, 1.54) is 12.0 Å². The fourth-order valence-electron chi connectivity index (χ4n) is 3.44. The maximum absolute atomic E-state index is 12.2. The van der Waals surface area contributed by atoms with Crippen LogP contribution in [0.5, 0.6) is 0 Å². The number of amides is 1. The van der Waals surface area contributed by atoms with Crippen molar-refractivity contribution in [1.29, 1.82) is 0 Å². The first-order valence-corrected chi connectivity index (χ1v) is 8.66. The van der Waals surface area contributed by atoms with Crippen molar-refractivity contribution >= 4 is 5.91 Å². The number of nitrogens with zero attached hydrogens (tertiary/aromatic N) is 3. The summed E-state index contributed by atoms with van der Waals surface area (Å²) in [5.41, 5.74) is 2.83. The van der Waals surface area contributed by atoms with Gasteiger partial charge in [0.1, 0.15) is 0 Å². The zero-order valence-electron chi connectivity index (χ0n) is 14.5. The number of carbonyl (C=O) groups excluding carboxylic acids is 1. The third kappa shape index (κ3) is 4.23. The molecular weight excluding hydrogens is 300 g/mol. The molecule has 1 aliphatic rings. The van der Waals surface area contributed by atoms with Gasteiger partial charge in [-0.05, 0) is 37.8 Å². The van der Waals surface area contributed by atoms with Crippen LogP contribution in [0.25, 0.3) is 0 Å². The van der Waals surface area contributed by atoms with Crippen LogP contribution in [-0.4, -0.2) is 40.2 Å². The van der Waals surface area contributed by atoms with E-state index < -0.39 is 0 Å². The van der Waals surface area contributed by atoms with Crippen LogP contribution in [0.15, 0.2) is 36.5 Å². The first-order chi connectivity index (χ1) is 11.6. The first-order valence-electron chi connectivity index (χ1n) is 8.66. The van der Waals surface area contributed by atoms with Crippen molar-refractivity contribution in [2.24, 2.45) is 13.0 Å². The molecule has 5 nitrogen and oxygen atoms in total. The second-order valence-electron chi connectivity index (χ2n) is 6.72. The second-order valence-corrected chi connectivity index (χ2v) is 6.72. The third-order valence-corrected chi connectivity index (χ3v) is 4.72. The van der Waals surface area contributed by atoms with Gasteiger partial charge < -0.3 is 5.32 Å². The lowest BCUT2D eigenvalue weighted by Crippen LogP contribution is -2.27. The highest BCUT2D eigenvalue weighted by atomic mass is 16.1. The Morgan fingerprint density at radius 1 is 1.33 bits per heavy atom. The molecule has 0 radical (unpaired) electrons. The van der Waals surface area contributed by atoms with Crippen molar-refractivity contribution in [3.63, 3.8) is 0 Å². The fourth-order valence-corrected chi connectivity index (χ4v) is 3.44. The topological polar surface area (TPSA) is 50.2 Å². The lowest BCUT2D eigenvalue weighted by Gasteiger charge is -2.16. The molecule has 1 aromatic carbocycles. The Bertz CT molecular complexity index is 680. The van der Waals surface area contributed by atoms with Crippen molar-refractivity contribution in [2.75, 3.05) is 19.6 Å². The predicted molar refractivity (Wildman–Crippen MR) is 94.7 cm³/mol. The highest BCUT2D eigenvalue weighted by Crippen LogP contribution is 2.21.